The fraction of sp³-hybridized carbons (Fsp3) is 0.143. The van der Waals surface area contributed by atoms with Crippen LogP contribution in [0.5, 0.6) is 0 Å². The van der Waals surface area contributed by atoms with Crippen LogP contribution in [0, 0.1) is 5.82 Å². The maximum absolute atomic E-state index is 13.5. The summed E-state index contributed by atoms with van der Waals surface area (Å²) >= 11 is 0. The van der Waals surface area contributed by atoms with Crippen molar-refractivity contribution >= 4 is 17.4 Å². The Bertz CT molecular complexity index is 1520. The zero-order chi connectivity index (χ0) is 24.6. The lowest BCUT2D eigenvalue weighted by Gasteiger charge is -2.19. The number of nitrogens with zero attached hydrogens (tertiary/aromatic N) is 4. The van der Waals surface area contributed by atoms with Crippen molar-refractivity contribution in [2.75, 3.05) is 5.32 Å². The van der Waals surface area contributed by atoms with Gasteiger partial charge < -0.3 is 5.32 Å². The summed E-state index contributed by atoms with van der Waals surface area (Å²) in [6.07, 6.45) is 3.31. The molecule has 6 nitrogen and oxygen atoms in total. The van der Waals surface area contributed by atoms with Crippen molar-refractivity contribution in [2.24, 2.45) is 0 Å². The largest absolute Gasteiger partial charge is 0.307 e. The highest BCUT2D eigenvalue weighted by Crippen LogP contribution is 2.33. The van der Waals surface area contributed by atoms with Crippen LogP contribution >= 0.6 is 0 Å². The van der Waals surface area contributed by atoms with Gasteiger partial charge in [0.2, 0.25) is 0 Å². The van der Waals surface area contributed by atoms with Gasteiger partial charge in [0.1, 0.15) is 17.3 Å². The summed E-state index contributed by atoms with van der Waals surface area (Å²) in [4.78, 5) is 21.9. The molecule has 0 aliphatic rings. The van der Waals surface area contributed by atoms with Crippen LogP contribution in [-0.4, -0.2) is 25.5 Å². The van der Waals surface area contributed by atoms with Crippen molar-refractivity contribution < 1.29 is 9.18 Å². The maximum Gasteiger partial charge on any atom is 0.256 e. The number of amides is 1. The van der Waals surface area contributed by atoms with Crippen molar-refractivity contribution in [3.8, 4) is 22.5 Å². The molecule has 0 saturated carbocycles. The first-order valence-corrected chi connectivity index (χ1v) is 11.3. The van der Waals surface area contributed by atoms with E-state index in [1.165, 1.54) is 12.1 Å². The number of hydrogen-bond donors (Lipinski definition) is 1. The number of rotatable bonds is 4. The molecule has 0 aliphatic carbocycles. The maximum atomic E-state index is 13.5. The second-order valence-corrected chi connectivity index (χ2v) is 9.32. The highest BCUT2D eigenvalue weighted by atomic mass is 19.1. The molecule has 0 bridgehead atoms. The van der Waals surface area contributed by atoms with Crippen molar-refractivity contribution in [1.82, 2.24) is 19.6 Å². The molecule has 0 fully saturated rings. The summed E-state index contributed by atoms with van der Waals surface area (Å²) in [5.41, 5.74) is 5.27. The third kappa shape index (κ3) is 4.53. The third-order valence-corrected chi connectivity index (χ3v) is 5.80. The van der Waals surface area contributed by atoms with Gasteiger partial charge in [-0.3, -0.25) is 4.79 Å². The first-order chi connectivity index (χ1) is 16.8. The number of benzene rings is 2. The Hall–Kier alpha value is -4.39. The van der Waals surface area contributed by atoms with E-state index in [2.05, 4.69) is 36.2 Å². The van der Waals surface area contributed by atoms with E-state index in [1.807, 2.05) is 42.5 Å². The zero-order valence-corrected chi connectivity index (χ0v) is 19.7. The van der Waals surface area contributed by atoms with E-state index in [1.54, 1.807) is 35.1 Å². The van der Waals surface area contributed by atoms with Gasteiger partial charge in [0, 0.05) is 29.1 Å². The number of fused-ring (bicyclic) bond motifs is 1. The molecule has 0 spiro atoms. The van der Waals surface area contributed by atoms with Gasteiger partial charge >= 0.3 is 0 Å². The number of aromatic nitrogens is 4. The molecule has 3 aromatic heterocycles. The standard InChI is InChI=1S/C28H24FN5O/c1-28(2,3)21-10-6-19(7-11-21)27(35)32-23-17-20(14-16-30-23)26-25(18-8-12-22(29)13-9-18)33-24-5-4-15-31-34(24)26/h4-17H,1-3H3,(H,30,32,35). The van der Waals surface area contributed by atoms with E-state index in [0.29, 0.717) is 22.7 Å². The predicted molar refractivity (Wildman–Crippen MR) is 135 cm³/mol. The Labute approximate surface area is 202 Å². The van der Waals surface area contributed by atoms with Crippen molar-refractivity contribution in [3.05, 3.63) is 102 Å². The first kappa shape index (κ1) is 22.4. The molecule has 0 saturated heterocycles. The fourth-order valence-corrected chi connectivity index (χ4v) is 3.91. The molecular formula is C28H24FN5O. The van der Waals surface area contributed by atoms with Crippen LogP contribution in [-0.2, 0) is 5.41 Å². The number of anilines is 1. The van der Waals surface area contributed by atoms with Crippen molar-refractivity contribution in [3.63, 3.8) is 0 Å². The van der Waals surface area contributed by atoms with E-state index in [4.69, 9.17) is 4.98 Å². The molecule has 5 rings (SSSR count). The molecular weight excluding hydrogens is 441 g/mol. The van der Waals surface area contributed by atoms with Crippen LogP contribution in [0.4, 0.5) is 10.2 Å². The average Bonchev–Trinajstić information content (AvgIpc) is 3.24. The van der Waals surface area contributed by atoms with Crippen LogP contribution in [0.25, 0.3) is 28.2 Å². The number of hydrogen-bond acceptors (Lipinski definition) is 4. The first-order valence-electron chi connectivity index (χ1n) is 11.3. The fourth-order valence-electron chi connectivity index (χ4n) is 3.91. The van der Waals surface area contributed by atoms with E-state index in [-0.39, 0.29) is 17.1 Å². The average molecular weight is 466 g/mol. The highest BCUT2D eigenvalue weighted by Gasteiger charge is 2.18. The predicted octanol–water partition coefficient (Wildman–Crippen LogP) is 6.15. The quantitative estimate of drug-likeness (QED) is 0.346. The van der Waals surface area contributed by atoms with Gasteiger partial charge in [0.25, 0.3) is 5.91 Å². The molecule has 3 heterocycles. The number of halogens is 1. The number of carbonyl (C=O) groups is 1. The van der Waals surface area contributed by atoms with Gasteiger partial charge in [0.05, 0.1) is 5.69 Å². The minimum atomic E-state index is -0.318. The monoisotopic (exact) mass is 465 g/mol. The topological polar surface area (TPSA) is 72.2 Å². The Morgan fingerprint density at radius 2 is 1.66 bits per heavy atom. The minimum Gasteiger partial charge on any atom is -0.307 e. The lowest BCUT2D eigenvalue weighted by Crippen LogP contribution is -2.15. The van der Waals surface area contributed by atoms with Crippen LogP contribution in [0.2, 0.25) is 0 Å². The molecule has 0 aliphatic heterocycles. The van der Waals surface area contributed by atoms with Crippen LogP contribution in [0.3, 0.4) is 0 Å². The van der Waals surface area contributed by atoms with Crippen LogP contribution in [0.1, 0.15) is 36.7 Å². The van der Waals surface area contributed by atoms with Crippen molar-refractivity contribution in [1.29, 1.82) is 0 Å². The molecule has 0 radical (unpaired) electrons. The van der Waals surface area contributed by atoms with Crippen LogP contribution in [0.15, 0.2) is 85.2 Å². The minimum absolute atomic E-state index is 0.00910. The van der Waals surface area contributed by atoms with Gasteiger partial charge in [0.15, 0.2) is 5.65 Å². The summed E-state index contributed by atoms with van der Waals surface area (Å²) in [7, 11) is 0. The van der Waals surface area contributed by atoms with E-state index < -0.39 is 0 Å². The second-order valence-electron chi connectivity index (χ2n) is 9.32. The molecule has 5 aromatic rings. The molecule has 1 amide bonds. The molecule has 7 heteroatoms. The zero-order valence-electron chi connectivity index (χ0n) is 19.7. The molecule has 2 aromatic carbocycles. The summed E-state index contributed by atoms with van der Waals surface area (Å²) in [6.45, 7) is 6.39. The van der Waals surface area contributed by atoms with Gasteiger partial charge in [-0.05, 0) is 71.6 Å². The van der Waals surface area contributed by atoms with E-state index >= 15 is 0 Å². The van der Waals surface area contributed by atoms with E-state index in [0.717, 1.165) is 22.4 Å². The molecule has 0 atom stereocenters. The lowest BCUT2D eigenvalue weighted by molar-refractivity contribution is 0.102. The Morgan fingerprint density at radius 1 is 0.914 bits per heavy atom. The Kier molecular flexibility index (Phi) is 5.61. The van der Waals surface area contributed by atoms with Crippen molar-refractivity contribution in [2.45, 2.75) is 26.2 Å². The molecule has 35 heavy (non-hydrogen) atoms. The van der Waals surface area contributed by atoms with Gasteiger partial charge in [-0.25, -0.2) is 18.9 Å². The third-order valence-electron chi connectivity index (χ3n) is 5.80. The molecule has 0 unspecified atom stereocenters. The summed E-state index contributed by atoms with van der Waals surface area (Å²) in [6, 6.07) is 21.0. The Balaban J connectivity index is 1.50. The highest BCUT2D eigenvalue weighted by molar-refractivity contribution is 6.04. The SMILES string of the molecule is CC(C)(C)c1ccc(C(=O)Nc2cc(-c3c(-c4ccc(F)cc4)nc4cccnn34)ccn2)cc1. The normalized spacial score (nSPS) is 11.5. The smallest absolute Gasteiger partial charge is 0.256 e. The second kappa shape index (κ2) is 8.76. The van der Waals surface area contributed by atoms with Gasteiger partial charge in [-0.2, -0.15) is 5.10 Å². The summed E-state index contributed by atoms with van der Waals surface area (Å²) in [5.74, 6) is -0.157. The summed E-state index contributed by atoms with van der Waals surface area (Å²) < 4.78 is 15.3. The molecule has 174 valence electrons. The van der Waals surface area contributed by atoms with Gasteiger partial charge in [-0.1, -0.05) is 32.9 Å². The van der Waals surface area contributed by atoms with E-state index in [9.17, 15) is 9.18 Å². The number of pyridine rings is 1. The number of imidazole rings is 1. The van der Waals surface area contributed by atoms with Gasteiger partial charge in [-0.15, -0.1) is 0 Å². The molecule has 1 N–H and O–H groups in total. The number of nitrogens with one attached hydrogen (secondary N) is 1. The van der Waals surface area contributed by atoms with Crippen LogP contribution < -0.4 is 5.32 Å². The number of carbonyl (C=O) groups excluding carboxylic acids is 1. The Morgan fingerprint density at radius 3 is 2.37 bits per heavy atom. The lowest BCUT2D eigenvalue weighted by atomic mass is 9.87. The summed E-state index contributed by atoms with van der Waals surface area (Å²) in [5, 5.41) is 7.34.